The molecule has 1 heterocycles. The van der Waals surface area contributed by atoms with E-state index < -0.39 is 0 Å². The topological polar surface area (TPSA) is 12.9 Å². The summed E-state index contributed by atoms with van der Waals surface area (Å²) >= 11 is 1.68. The number of benzene rings is 1. The van der Waals surface area contributed by atoms with Crippen LogP contribution >= 0.6 is 11.3 Å². The van der Waals surface area contributed by atoms with Crippen molar-refractivity contribution < 1.29 is 0 Å². The number of nitrogens with zero attached hydrogens (tertiary/aromatic N) is 1. The van der Waals surface area contributed by atoms with Gasteiger partial charge >= 0.3 is 0 Å². The van der Waals surface area contributed by atoms with E-state index in [2.05, 4.69) is 24.0 Å². The van der Waals surface area contributed by atoms with Gasteiger partial charge in [-0.15, -0.1) is 11.3 Å². The van der Waals surface area contributed by atoms with E-state index in [1.165, 1.54) is 10.4 Å². The Morgan fingerprint density at radius 3 is 2.46 bits per heavy atom. The Bertz CT molecular complexity index is 400. The van der Waals surface area contributed by atoms with Gasteiger partial charge in [0, 0.05) is 0 Å². The predicted molar refractivity (Wildman–Crippen MR) is 56.7 cm³/mol. The second kappa shape index (κ2) is 3.30. The number of thiazole rings is 1. The van der Waals surface area contributed by atoms with Crippen molar-refractivity contribution in [3.8, 4) is 10.4 Å². The van der Waals surface area contributed by atoms with Crippen LogP contribution in [-0.2, 0) is 0 Å². The van der Waals surface area contributed by atoms with Gasteiger partial charge in [-0.2, -0.15) is 0 Å². The van der Waals surface area contributed by atoms with Gasteiger partial charge in [-0.1, -0.05) is 24.3 Å². The van der Waals surface area contributed by atoms with Crippen molar-refractivity contribution in [3.63, 3.8) is 0 Å². The van der Waals surface area contributed by atoms with Gasteiger partial charge in [0.05, 0.1) is 16.1 Å². The molecule has 0 bridgehead atoms. The standard InChI is InChI=1S/C11H10NS/c1-8-3-5-10(6-4-8)11-9(2)12-7-13-11/h3-7H,1H2,2H3. The van der Waals surface area contributed by atoms with Crippen molar-refractivity contribution in [3.05, 3.63) is 48.0 Å². The van der Waals surface area contributed by atoms with Gasteiger partial charge in [-0.05, 0) is 25.0 Å². The fourth-order valence-corrected chi connectivity index (χ4v) is 2.05. The smallest absolute Gasteiger partial charge is 0.0801 e. The maximum Gasteiger partial charge on any atom is 0.0801 e. The van der Waals surface area contributed by atoms with Crippen molar-refractivity contribution in [2.75, 3.05) is 0 Å². The lowest BCUT2D eigenvalue weighted by molar-refractivity contribution is 1.27. The molecule has 2 aromatic rings. The first-order chi connectivity index (χ1) is 6.27. The largest absolute Gasteiger partial charge is 0.249 e. The SMILES string of the molecule is [CH2]c1ccc(-c2scnc2C)cc1. The molecule has 2 heteroatoms. The fraction of sp³-hybridized carbons (Fsp3) is 0.0909. The summed E-state index contributed by atoms with van der Waals surface area (Å²) in [5, 5.41) is 0. The van der Waals surface area contributed by atoms with E-state index in [0.717, 1.165) is 11.3 Å². The summed E-state index contributed by atoms with van der Waals surface area (Å²) in [5.41, 5.74) is 5.25. The number of aryl methyl sites for hydroxylation is 1. The lowest BCUT2D eigenvalue weighted by atomic mass is 10.1. The molecule has 0 fully saturated rings. The highest BCUT2D eigenvalue weighted by Crippen LogP contribution is 2.26. The highest BCUT2D eigenvalue weighted by Gasteiger charge is 2.02. The Balaban J connectivity index is 2.47. The van der Waals surface area contributed by atoms with Crippen molar-refractivity contribution in [2.24, 2.45) is 0 Å². The van der Waals surface area contributed by atoms with Crippen LogP contribution in [0.4, 0.5) is 0 Å². The van der Waals surface area contributed by atoms with Crippen LogP contribution < -0.4 is 0 Å². The zero-order valence-corrected chi connectivity index (χ0v) is 8.27. The molecule has 0 saturated carbocycles. The molecule has 0 unspecified atom stereocenters. The molecule has 2 rings (SSSR count). The van der Waals surface area contributed by atoms with Crippen molar-refractivity contribution in [1.29, 1.82) is 0 Å². The van der Waals surface area contributed by atoms with Gasteiger partial charge in [0.15, 0.2) is 0 Å². The molecular weight excluding hydrogens is 178 g/mol. The first kappa shape index (κ1) is 8.45. The van der Waals surface area contributed by atoms with Gasteiger partial charge in [0.2, 0.25) is 0 Å². The minimum atomic E-state index is 1.05. The van der Waals surface area contributed by atoms with Crippen LogP contribution in [0, 0.1) is 13.8 Å². The highest BCUT2D eigenvalue weighted by molar-refractivity contribution is 7.13. The molecule has 0 aliphatic carbocycles. The molecule has 0 amide bonds. The first-order valence-corrected chi connectivity index (χ1v) is 4.98. The normalized spacial score (nSPS) is 10.3. The molecule has 0 spiro atoms. The molecule has 65 valence electrons. The molecule has 1 aromatic heterocycles. The van der Waals surface area contributed by atoms with E-state index in [0.29, 0.717) is 0 Å². The molecule has 1 radical (unpaired) electrons. The summed E-state index contributed by atoms with van der Waals surface area (Å²) in [6, 6.07) is 8.22. The van der Waals surface area contributed by atoms with Crippen LogP contribution in [0.2, 0.25) is 0 Å². The Morgan fingerprint density at radius 2 is 1.92 bits per heavy atom. The molecule has 0 N–H and O–H groups in total. The molecule has 0 aliphatic heterocycles. The lowest BCUT2D eigenvalue weighted by Gasteiger charge is -1.98. The number of hydrogen-bond donors (Lipinski definition) is 0. The summed E-state index contributed by atoms with van der Waals surface area (Å²) in [6.07, 6.45) is 0. The van der Waals surface area contributed by atoms with Crippen molar-refractivity contribution >= 4 is 11.3 Å². The average molecular weight is 188 g/mol. The van der Waals surface area contributed by atoms with Crippen LogP contribution in [0.1, 0.15) is 11.3 Å². The molecule has 13 heavy (non-hydrogen) atoms. The maximum absolute atomic E-state index is 4.22. The summed E-state index contributed by atoms with van der Waals surface area (Å²) in [5.74, 6) is 0. The molecular formula is C11H10NS. The van der Waals surface area contributed by atoms with Gasteiger partial charge < -0.3 is 0 Å². The van der Waals surface area contributed by atoms with Crippen molar-refractivity contribution in [1.82, 2.24) is 4.98 Å². The highest BCUT2D eigenvalue weighted by atomic mass is 32.1. The minimum absolute atomic E-state index is 1.05. The third-order valence-corrected chi connectivity index (χ3v) is 2.94. The van der Waals surface area contributed by atoms with E-state index >= 15 is 0 Å². The molecule has 0 saturated heterocycles. The first-order valence-electron chi connectivity index (χ1n) is 4.10. The maximum atomic E-state index is 4.22. The fourth-order valence-electron chi connectivity index (χ4n) is 1.24. The zero-order chi connectivity index (χ0) is 9.26. The number of rotatable bonds is 1. The second-order valence-corrected chi connectivity index (χ2v) is 3.82. The summed E-state index contributed by atoms with van der Waals surface area (Å²) in [7, 11) is 0. The lowest BCUT2D eigenvalue weighted by Crippen LogP contribution is -1.78. The van der Waals surface area contributed by atoms with Crippen LogP contribution in [-0.4, -0.2) is 4.98 Å². The third kappa shape index (κ3) is 1.63. The zero-order valence-electron chi connectivity index (χ0n) is 7.45. The monoisotopic (exact) mass is 188 g/mol. The summed E-state index contributed by atoms with van der Waals surface area (Å²) in [4.78, 5) is 5.47. The Morgan fingerprint density at radius 1 is 1.23 bits per heavy atom. The molecule has 1 nitrogen and oxygen atoms in total. The van der Waals surface area contributed by atoms with Crippen molar-refractivity contribution in [2.45, 2.75) is 6.92 Å². The molecule has 1 aromatic carbocycles. The Labute approximate surface area is 82.1 Å². The minimum Gasteiger partial charge on any atom is -0.249 e. The Kier molecular flexibility index (Phi) is 2.15. The van der Waals surface area contributed by atoms with Crippen LogP contribution in [0.5, 0.6) is 0 Å². The third-order valence-electron chi connectivity index (χ3n) is 1.96. The van der Waals surface area contributed by atoms with E-state index in [9.17, 15) is 0 Å². The Hall–Kier alpha value is -1.15. The van der Waals surface area contributed by atoms with Gasteiger partial charge in [-0.25, -0.2) is 4.98 Å². The van der Waals surface area contributed by atoms with Gasteiger partial charge in [-0.3, -0.25) is 0 Å². The predicted octanol–water partition coefficient (Wildman–Crippen LogP) is 3.30. The molecule has 0 aliphatic rings. The number of aromatic nitrogens is 1. The van der Waals surface area contributed by atoms with Gasteiger partial charge in [0.1, 0.15) is 0 Å². The quantitative estimate of drug-likeness (QED) is 0.669. The van der Waals surface area contributed by atoms with E-state index in [4.69, 9.17) is 0 Å². The second-order valence-electron chi connectivity index (χ2n) is 2.96. The summed E-state index contributed by atoms with van der Waals surface area (Å²) < 4.78 is 0. The van der Waals surface area contributed by atoms with Crippen LogP contribution in [0.3, 0.4) is 0 Å². The number of hydrogen-bond acceptors (Lipinski definition) is 2. The summed E-state index contributed by atoms with van der Waals surface area (Å²) in [6.45, 7) is 5.88. The van der Waals surface area contributed by atoms with Crippen LogP contribution in [0.25, 0.3) is 10.4 Å². The van der Waals surface area contributed by atoms with E-state index in [1.54, 1.807) is 11.3 Å². The van der Waals surface area contributed by atoms with E-state index in [-0.39, 0.29) is 0 Å². The molecule has 0 atom stereocenters. The average Bonchev–Trinajstić information content (AvgIpc) is 2.53. The van der Waals surface area contributed by atoms with Gasteiger partial charge in [0.25, 0.3) is 0 Å². The van der Waals surface area contributed by atoms with Crippen LogP contribution in [0.15, 0.2) is 29.8 Å². The van der Waals surface area contributed by atoms with E-state index in [1.807, 2.05) is 24.6 Å².